The number of rotatable bonds is 6. The second kappa shape index (κ2) is 12.7. The van der Waals surface area contributed by atoms with E-state index in [1.54, 1.807) is 63.2 Å². The van der Waals surface area contributed by atoms with Crippen LogP contribution in [0.2, 0.25) is 0 Å². The Morgan fingerprint density at radius 2 is 1.63 bits per heavy atom. The van der Waals surface area contributed by atoms with Crippen molar-refractivity contribution < 1.29 is 19.1 Å². The summed E-state index contributed by atoms with van der Waals surface area (Å²) < 4.78 is 6.67. The Morgan fingerprint density at radius 1 is 0.930 bits per heavy atom. The number of urea groups is 1. The molecule has 224 valence electrons. The average Bonchev–Trinajstić information content (AvgIpc) is 3.34. The molecule has 3 amide bonds. The van der Waals surface area contributed by atoms with Gasteiger partial charge >= 0.3 is 12.1 Å². The zero-order valence-corrected chi connectivity index (χ0v) is 25.0. The van der Waals surface area contributed by atoms with E-state index in [0.29, 0.717) is 22.2 Å². The van der Waals surface area contributed by atoms with E-state index < -0.39 is 11.7 Å². The van der Waals surface area contributed by atoms with Crippen LogP contribution in [0.1, 0.15) is 62.0 Å². The summed E-state index contributed by atoms with van der Waals surface area (Å²) in [4.78, 5) is 41.7. The third kappa shape index (κ3) is 7.21. The van der Waals surface area contributed by atoms with Gasteiger partial charge in [0.05, 0.1) is 11.6 Å². The van der Waals surface area contributed by atoms with Gasteiger partial charge in [-0.2, -0.15) is 4.68 Å². The lowest BCUT2D eigenvalue weighted by molar-refractivity contribution is 0.0522. The number of ether oxygens (including phenoxy) is 1. The molecule has 4 aromatic rings. The minimum Gasteiger partial charge on any atom is -0.442 e. The summed E-state index contributed by atoms with van der Waals surface area (Å²) in [7, 11) is 2.10. The molecule has 3 aromatic carbocycles. The third-order valence-corrected chi connectivity index (χ3v) is 7.43. The summed E-state index contributed by atoms with van der Waals surface area (Å²) in [5.74, 6) is -0.209. The lowest BCUT2D eigenvalue weighted by atomic mass is 9.91. The SMILES string of the molecule is CN1CCCC[C@@H]1[C@H](NC(=O)Nc1ccc2c(c1)c(NC(=O)c1ccccc1)nn2C(=O)OC(C)(C)C)c1ccccc1. The number of nitrogens with zero attached hydrogens (tertiary/aromatic N) is 3. The molecule has 0 spiro atoms. The summed E-state index contributed by atoms with van der Waals surface area (Å²) in [5, 5.41) is 13.8. The molecular formula is C33H38N6O4. The van der Waals surface area contributed by atoms with E-state index in [2.05, 4.69) is 33.0 Å². The standard InChI is InChI=1S/C33H38N6O4/c1-33(2,3)43-32(42)39-26-19-18-24(21-25(26)29(37-39)36-30(40)23-15-9-6-10-16-23)34-31(41)35-28(22-13-7-5-8-14-22)27-17-11-12-20-38(27)4/h5-10,13-16,18-19,21,27-28H,11-12,17,20H2,1-4H3,(H2,34,35,41)(H,36,37,40)/t27-,28-/m1/s1. The van der Waals surface area contributed by atoms with Crippen molar-refractivity contribution >= 4 is 40.4 Å². The minimum atomic E-state index is -0.746. The fourth-order valence-electron chi connectivity index (χ4n) is 5.39. The highest BCUT2D eigenvalue weighted by molar-refractivity contribution is 6.09. The highest BCUT2D eigenvalue weighted by atomic mass is 16.6. The Labute approximate surface area is 251 Å². The van der Waals surface area contributed by atoms with Crippen LogP contribution in [0.3, 0.4) is 0 Å². The van der Waals surface area contributed by atoms with Crippen molar-refractivity contribution in [3.63, 3.8) is 0 Å². The van der Waals surface area contributed by atoms with Gasteiger partial charge in [0.15, 0.2) is 5.82 Å². The van der Waals surface area contributed by atoms with Gasteiger partial charge in [0.2, 0.25) is 0 Å². The number of fused-ring (bicyclic) bond motifs is 1. The molecule has 1 aliphatic heterocycles. The largest absolute Gasteiger partial charge is 0.442 e. The maximum atomic E-state index is 13.4. The summed E-state index contributed by atoms with van der Waals surface area (Å²) in [6, 6.07) is 23.4. The fraction of sp³-hybridized carbons (Fsp3) is 0.333. The number of amides is 3. The Kier molecular flexibility index (Phi) is 8.77. The minimum absolute atomic E-state index is 0.163. The van der Waals surface area contributed by atoms with Crippen LogP contribution in [0, 0.1) is 0 Å². The number of hydrogen-bond donors (Lipinski definition) is 3. The monoisotopic (exact) mass is 582 g/mol. The molecular weight excluding hydrogens is 544 g/mol. The summed E-state index contributed by atoms with van der Waals surface area (Å²) in [6.07, 6.45) is 2.55. The number of piperidine rings is 1. The van der Waals surface area contributed by atoms with Crippen LogP contribution in [0.4, 0.5) is 21.1 Å². The van der Waals surface area contributed by atoms with Gasteiger partial charge in [0.25, 0.3) is 5.91 Å². The molecule has 10 heteroatoms. The van der Waals surface area contributed by atoms with Crippen molar-refractivity contribution in [1.29, 1.82) is 0 Å². The van der Waals surface area contributed by atoms with Gasteiger partial charge in [-0.05, 0) is 83.1 Å². The van der Waals surface area contributed by atoms with Crippen LogP contribution in [0.15, 0.2) is 78.9 Å². The van der Waals surface area contributed by atoms with Crippen molar-refractivity contribution in [2.45, 2.75) is 57.7 Å². The number of benzene rings is 3. The van der Waals surface area contributed by atoms with E-state index >= 15 is 0 Å². The number of carbonyl (C=O) groups is 3. The van der Waals surface area contributed by atoms with Gasteiger partial charge < -0.3 is 25.6 Å². The zero-order chi connectivity index (χ0) is 30.6. The number of anilines is 2. The van der Waals surface area contributed by atoms with Crippen LogP contribution in [-0.2, 0) is 4.74 Å². The van der Waals surface area contributed by atoms with Gasteiger partial charge in [-0.15, -0.1) is 5.10 Å². The van der Waals surface area contributed by atoms with Crippen molar-refractivity contribution in [2.75, 3.05) is 24.2 Å². The van der Waals surface area contributed by atoms with Crippen LogP contribution in [0.5, 0.6) is 0 Å². The molecule has 43 heavy (non-hydrogen) atoms. The van der Waals surface area contributed by atoms with E-state index in [9.17, 15) is 14.4 Å². The van der Waals surface area contributed by atoms with Crippen LogP contribution in [-0.4, -0.2) is 57.9 Å². The maximum Gasteiger partial charge on any atom is 0.435 e. The van der Waals surface area contributed by atoms with Crippen LogP contribution < -0.4 is 16.0 Å². The van der Waals surface area contributed by atoms with E-state index in [1.807, 2.05) is 36.4 Å². The molecule has 1 aliphatic rings. The molecule has 0 saturated carbocycles. The third-order valence-electron chi connectivity index (χ3n) is 7.43. The molecule has 3 N–H and O–H groups in total. The first-order chi connectivity index (χ1) is 20.6. The first-order valence-corrected chi connectivity index (χ1v) is 14.5. The normalized spacial score (nSPS) is 16.3. The number of carbonyl (C=O) groups excluding carboxylic acids is 3. The quantitative estimate of drug-likeness (QED) is 0.242. The molecule has 2 heterocycles. The van der Waals surface area contributed by atoms with Crippen molar-refractivity contribution in [1.82, 2.24) is 20.0 Å². The highest BCUT2D eigenvalue weighted by Gasteiger charge is 2.30. The number of likely N-dealkylation sites (tertiary alicyclic amines) is 1. The lowest BCUT2D eigenvalue weighted by Gasteiger charge is -2.38. The Balaban J connectivity index is 1.43. The Bertz CT molecular complexity index is 1600. The molecule has 5 rings (SSSR count). The second-order valence-corrected chi connectivity index (χ2v) is 11.8. The summed E-state index contributed by atoms with van der Waals surface area (Å²) in [5.41, 5.74) is 1.64. The molecule has 10 nitrogen and oxygen atoms in total. The predicted octanol–water partition coefficient (Wildman–Crippen LogP) is 6.42. The van der Waals surface area contributed by atoms with Crippen LogP contribution >= 0.6 is 0 Å². The van der Waals surface area contributed by atoms with E-state index in [-0.39, 0.29) is 29.8 Å². The van der Waals surface area contributed by atoms with Crippen molar-refractivity contribution in [3.05, 3.63) is 90.0 Å². The number of likely N-dealkylation sites (N-methyl/N-ethyl adjacent to an activating group) is 1. The molecule has 1 saturated heterocycles. The second-order valence-electron chi connectivity index (χ2n) is 11.8. The van der Waals surface area contributed by atoms with Crippen molar-refractivity contribution in [3.8, 4) is 0 Å². The summed E-state index contributed by atoms with van der Waals surface area (Å²) >= 11 is 0. The van der Waals surface area contributed by atoms with Gasteiger partial charge in [-0.1, -0.05) is 55.0 Å². The smallest absolute Gasteiger partial charge is 0.435 e. The first kappa shape index (κ1) is 29.8. The molecule has 1 fully saturated rings. The van der Waals surface area contributed by atoms with Gasteiger partial charge in [0, 0.05) is 22.7 Å². The number of aromatic nitrogens is 2. The topological polar surface area (TPSA) is 118 Å². The van der Waals surface area contributed by atoms with E-state index in [4.69, 9.17) is 4.74 Å². The van der Waals surface area contributed by atoms with Gasteiger partial charge in [0.1, 0.15) is 5.60 Å². The van der Waals surface area contributed by atoms with Crippen molar-refractivity contribution in [2.24, 2.45) is 0 Å². The first-order valence-electron chi connectivity index (χ1n) is 14.5. The predicted molar refractivity (Wildman–Crippen MR) is 167 cm³/mol. The fourth-order valence-corrected chi connectivity index (χ4v) is 5.39. The number of hydrogen-bond acceptors (Lipinski definition) is 6. The summed E-state index contributed by atoms with van der Waals surface area (Å²) in [6.45, 7) is 6.28. The molecule has 2 atom stereocenters. The average molecular weight is 583 g/mol. The molecule has 0 aliphatic carbocycles. The maximum absolute atomic E-state index is 13.4. The molecule has 0 radical (unpaired) electrons. The Hall–Kier alpha value is -4.70. The zero-order valence-electron chi connectivity index (χ0n) is 25.0. The highest BCUT2D eigenvalue weighted by Crippen LogP contribution is 2.30. The molecule has 0 unspecified atom stereocenters. The lowest BCUT2D eigenvalue weighted by Crippen LogP contribution is -2.47. The van der Waals surface area contributed by atoms with E-state index in [0.717, 1.165) is 36.1 Å². The van der Waals surface area contributed by atoms with Gasteiger partial charge in [-0.3, -0.25) is 4.79 Å². The van der Waals surface area contributed by atoms with E-state index in [1.165, 1.54) is 0 Å². The number of nitrogens with one attached hydrogen (secondary N) is 3. The van der Waals surface area contributed by atoms with Crippen LogP contribution in [0.25, 0.3) is 10.9 Å². The molecule has 0 bridgehead atoms. The Morgan fingerprint density at radius 3 is 2.30 bits per heavy atom. The molecule has 1 aromatic heterocycles. The van der Waals surface area contributed by atoms with Gasteiger partial charge in [-0.25, -0.2) is 9.59 Å².